The topological polar surface area (TPSA) is 74.2 Å². The molecule has 7 nitrogen and oxygen atoms in total. The normalized spacial score (nSPS) is 17.5. The number of aromatic nitrogens is 3. The summed E-state index contributed by atoms with van der Waals surface area (Å²) < 4.78 is 13.5. The fraction of sp³-hybridized carbons (Fsp3) is 0.273. The van der Waals surface area contributed by atoms with Gasteiger partial charge in [-0.1, -0.05) is 0 Å². The van der Waals surface area contributed by atoms with Crippen LogP contribution in [0.15, 0.2) is 49.1 Å². The van der Waals surface area contributed by atoms with Gasteiger partial charge in [0.05, 0.1) is 35.5 Å². The first-order valence-electron chi connectivity index (χ1n) is 9.97. The zero-order valence-electron chi connectivity index (χ0n) is 16.5. The Morgan fingerprint density at radius 3 is 2.87 bits per heavy atom. The number of aryl methyl sites for hydroxylation is 1. The first kappa shape index (κ1) is 18.5. The summed E-state index contributed by atoms with van der Waals surface area (Å²) in [5.41, 5.74) is 3.96. The van der Waals surface area contributed by atoms with Crippen molar-refractivity contribution in [3.8, 4) is 11.3 Å². The fourth-order valence-electron chi connectivity index (χ4n) is 4.20. The van der Waals surface area contributed by atoms with Crippen LogP contribution in [0.3, 0.4) is 0 Å². The van der Waals surface area contributed by atoms with Crippen molar-refractivity contribution in [2.45, 2.75) is 25.8 Å². The molecule has 2 amide bonds. The van der Waals surface area contributed by atoms with Crippen molar-refractivity contribution in [2.75, 3.05) is 28.2 Å². The third-order valence-electron chi connectivity index (χ3n) is 5.53. The van der Waals surface area contributed by atoms with Crippen molar-refractivity contribution in [3.05, 3.63) is 60.4 Å². The summed E-state index contributed by atoms with van der Waals surface area (Å²) >= 11 is 0. The van der Waals surface area contributed by atoms with Crippen LogP contribution in [-0.2, 0) is 0 Å². The number of fused-ring (bicyclic) bond motifs is 4. The molecule has 30 heavy (non-hydrogen) atoms. The molecule has 3 aromatic heterocycles. The van der Waals surface area contributed by atoms with Gasteiger partial charge in [-0.05, 0) is 43.5 Å². The lowest BCUT2D eigenvalue weighted by molar-refractivity contribution is 0.252. The van der Waals surface area contributed by atoms with E-state index in [4.69, 9.17) is 4.98 Å². The summed E-state index contributed by atoms with van der Waals surface area (Å²) in [6, 6.07) is 6.94. The molecule has 152 valence electrons. The van der Waals surface area contributed by atoms with Crippen LogP contribution < -0.4 is 15.1 Å². The second-order valence-corrected chi connectivity index (χ2v) is 7.72. The van der Waals surface area contributed by atoms with Gasteiger partial charge in [-0.15, -0.1) is 0 Å². The maximum atomic E-state index is 13.5. The van der Waals surface area contributed by atoms with Crippen LogP contribution in [0.5, 0.6) is 0 Å². The Morgan fingerprint density at radius 1 is 1.17 bits per heavy atom. The van der Waals surface area contributed by atoms with Crippen LogP contribution in [0.25, 0.3) is 11.3 Å². The monoisotopic (exact) mass is 404 g/mol. The van der Waals surface area contributed by atoms with E-state index in [9.17, 15) is 9.18 Å². The number of pyridine rings is 3. The first-order chi connectivity index (χ1) is 14.6. The van der Waals surface area contributed by atoms with Crippen LogP contribution in [0.1, 0.15) is 18.4 Å². The van der Waals surface area contributed by atoms with Gasteiger partial charge in [-0.25, -0.2) is 14.2 Å². The minimum absolute atomic E-state index is 0.00570. The SMILES string of the molecule is Cc1cncc(-c2ccc3c(n2)N(C(=O)Nc2cncc(F)c2)[C@H]2CCCN3C2)c1. The molecule has 1 fully saturated rings. The molecule has 5 heterocycles. The molecule has 3 aromatic rings. The van der Waals surface area contributed by atoms with Crippen molar-refractivity contribution in [3.63, 3.8) is 0 Å². The highest BCUT2D eigenvalue weighted by molar-refractivity contribution is 6.04. The molecular formula is C22H21FN6O. The van der Waals surface area contributed by atoms with E-state index in [1.54, 1.807) is 17.3 Å². The molecule has 0 aromatic carbocycles. The second kappa shape index (κ2) is 7.37. The number of rotatable bonds is 2. The lowest BCUT2D eigenvalue weighted by Gasteiger charge is -2.45. The van der Waals surface area contributed by atoms with E-state index in [1.165, 1.54) is 12.3 Å². The molecule has 1 saturated heterocycles. The van der Waals surface area contributed by atoms with Gasteiger partial charge >= 0.3 is 6.03 Å². The van der Waals surface area contributed by atoms with Crippen LogP contribution in [0.4, 0.5) is 26.4 Å². The first-order valence-corrected chi connectivity index (χ1v) is 9.97. The summed E-state index contributed by atoms with van der Waals surface area (Å²) in [4.78, 5) is 30.2. The average molecular weight is 404 g/mol. The second-order valence-electron chi connectivity index (χ2n) is 7.72. The molecule has 8 heteroatoms. The third-order valence-corrected chi connectivity index (χ3v) is 5.53. The number of carbonyl (C=O) groups is 1. The summed E-state index contributed by atoms with van der Waals surface area (Å²) in [7, 11) is 0. The number of piperidine rings is 1. The van der Waals surface area contributed by atoms with Crippen LogP contribution in [0, 0.1) is 12.7 Å². The number of hydrogen-bond acceptors (Lipinski definition) is 5. The van der Waals surface area contributed by atoms with E-state index in [2.05, 4.69) is 20.2 Å². The largest absolute Gasteiger partial charge is 0.366 e. The van der Waals surface area contributed by atoms with Gasteiger partial charge in [0.2, 0.25) is 0 Å². The smallest absolute Gasteiger partial charge is 0.327 e. The maximum absolute atomic E-state index is 13.5. The van der Waals surface area contributed by atoms with Gasteiger partial charge in [-0.3, -0.25) is 14.9 Å². The molecule has 5 rings (SSSR count). The van der Waals surface area contributed by atoms with Crippen molar-refractivity contribution in [1.29, 1.82) is 0 Å². The number of halogens is 1. The molecule has 2 aliphatic rings. The van der Waals surface area contributed by atoms with Crippen molar-refractivity contribution >= 4 is 23.2 Å². The van der Waals surface area contributed by atoms with E-state index in [1.807, 2.05) is 25.1 Å². The number of carbonyl (C=O) groups excluding carboxylic acids is 1. The Morgan fingerprint density at radius 2 is 2.03 bits per heavy atom. The molecule has 1 atom stereocenters. The van der Waals surface area contributed by atoms with Crippen molar-refractivity contribution in [2.24, 2.45) is 0 Å². The van der Waals surface area contributed by atoms with Gasteiger partial charge in [0.15, 0.2) is 5.82 Å². The molecule has 0 saturated carbocycles. The van der Waals surface area contributed by atoms with Gasteiger partial charge in [0.1, 0.15) is 5.82 Å². The highest BCUT2D eigenvalue weighted by Crippen LogP contribution is 2.39. The van der Waals surface area contributed by atoms with E-state index >= 15 is 0 Å². The van der Waals surface area contributed by atoms with Gasteiger partial charge in [0, 0.05) is 37.1 Å². The average Bonchev–Trinajstić information content (AvgIpc) is 2.74. The molecule has 1 N–H and O–H groups in total. The predicted molar refractivity (Wildman–Crippen MR) is 113 cm³/mol. The molecule has 2 bridgehead atoms. The molecule has 0 unspecified atom stereocenters. The van der Waals surface area contributed by atoms with E-state index in [0.29, 0.717) is 11.5 Å². The van der Waals surface area contributed by atoms with Gasteiger partial charge < -0.3 is 10.2 Å². The molecule has 0 aliphatic carbocycles. The maximum Gasteiger partial charge on any atom is 0.327 e. The predicted octanol–water partition coefficient (Wildman–Crippen LogP) is 4.01. The zero-order valence-corrected chi connectivity index (χ0v) is 16.5. The summed E-state index contributed by atoms with van der Waals surface area (Å²) in [5, 5.41) is 2.78. The number of hydrogen-bond donors (Lipinski definition) is 1. The number of amides is 2. The van der Waals surface area contributed by atoms with Gasteiger partial charge in [0.25, 0.3) is 0 Å². The highest BCUT2D eigenvalue weighted by atomic mass is 19.1. The van der Waals surface area contributed by atoms with Crippen molar-refractivity contribution in [1.82, 2.24) is 15.0 Å². The third kappa shape index (κ3) is 3.34. The van der Waals surface area contributed by atoms with E-state index in [-0.39, 0.29) is 12.1 Å². The van der Waals surface area contributed by atoms with Gasteiger partial charge in [-0.2, -0.15) is 0 Å². The zero-order chi connectivity index (χ0) is 20.7. The highest BCUT2D eigenvalue weighted by Gasteiger charge is 2.38. The molecule has 0 spiro atoms. The number of anilines is 3. The fourth-order valence-corrected chi connectivity index (χ4v) is 4.20. The van der Waals surface area contributed by atoms with E-state index < -0.39 is 5.82 Å². The number of nitrogens with zero attached hydrogens (tertiary/aromatic N) is 5. The lowest BCUT2D eigenvalue weighted by Crippen LogP contribution is -2.56. The van der Waals surface area contributed by atoms with Crippen molar-refractivity contribution < 1.29 is 9.18 Å². The van der Waals surface area contributed by atoms with Crippen LogP contribution in [0.2, 0.25) is 0 Å². The standard InChI is InChI=1S/C22H21FN6O/c1-14-7-15(10-24-9-14)19-4-5-20-21(27-19)29(18-3-2-6-28(20)13-18)22(30)26-17-8-16(23)11-25-12-17/h4-5,7-12,18H,2-3,6,13H2,1H3,(H,26,30)/t18-/m0/s1. The van der Waals surface area contributed by atoms with Crippen LogP contribution >= 0.6 is 0 Å². The summed E-state index contributed by atoms with van der Waals surface area (Å²) in [6.07, 6.45) is 8.00. The minimum Gasteiger partial charge on any atom is -0.366 e. The Bertz CT molecular complexity index is 1120. The summed E-state index contributed by atoms with van der Waals surface area (Å²) in [6.45, 7) is 3.69. The summed E-state index contributed by atoms with van der Waals surface area (Å²) in [5.74, 6) is 0.120. The number of urea groups is 1. The Kier molecular flexibility index (Phi) is 4.54. The lowest BCUT2D eigenvalue weighted by atomic mass is 9.99. The van der Waals surface area contributed by atoms with E-state index in [0.717, 1.165) is 54.6 Å². The van der Waals surface area contributed by atoms with Crippen LogP contribution in [-0.4, -0.2) is 40.1 Å². The minimum atomic E-state index is -0.497. The molecular weight excluding hydrogens is 383 g/mol. The Hall–Kier alpha value is -3.55. The molecule has 2 aliphatic heterocycles. The number of nitrogens with one attached hydrogen (secondary N) is 1. The Labute approximate surface area is 173 Å². The Balaban J connectivity index is 1.55. The molecule has 0 radical (unpaired) electrons. The quantitative estimate of drug-likeness (QED) is 0.699.